The van der Waals surface area contributed by atoms with Gasteiger partial charge in [0.25, 0.3) is 5.91 Å². The molecule has 1 aliphatic heterocycles. The summed E-state index contributed by atoms with van der Waals surface area (Å²) in [6.45, 7) is 4.87. The van der Waals surface area contributed by atoms with Crippen LogP contribution in [0, 0.1) is 13.8 Å². The molecule has 0 atom stereocenters. The molecule has 0 saturated carbocycles. The van der Waals surface area contributed by atoms with E-state index in [0.717, 1.165) is 41.5 Å². The number of fused-ring (bicyclic) bond motifs is 2. The van der Waals surface area contributed by atoms with Gasteiger partial charge in [-0.05, 0) is 55.5 Å². The number of aryl methyl sites for hydroxylation is 3. The molecular formula is C20H20N2O. The Balaban J connectivity index is 1.80. The summed E-state index contributed by atoms with van der Waals surface area (Å²) < 4.78 is 0. The highest BCUT2D eigenvalue weighted by Gasteiger charge is 2.26. The number of nitrogens with zero attached hydrogens (tertiary/aromatic N) is 1. The van der Waals surface area contributed by atoms with Crippen LogP contribution in [0.2, 0.25) is 0 Å². The maximum Gasteiger partial charge on any atom is 0.274 e. The van der Waals surface area contributed by atoms with Crippen LogP contribution in [0.5, 0.6) is 0 Å². The summed E-state index contributed by atoms with van der Waals surface area (Å²) in [6, 6.07) is 14.5. The van der Waals surface area contributed by atoms with Crippen molar-refractivity contribution in [2.45, 2.75) is 26.7 Å². The van der Waals surface area contributed by atoms with Crippen molar-refractivity contribution in [1.82, 2.24) is 4.98 Å². The third-order valence-corrected chi connectivity index (χ3v) is 4.78. The molecule has 0 bridgehead atoms. The maximum absolute atomic E-state index is 13.1. The Morgan fingerprint density at radius 3 is 2.83 bits per heavy atom. The molecule has 1 aromatic heterocycles. The number of amides is 1. The number of rotatable bonds is 1. The molecule has 1 N–H and O–H groups in total. The first kappa shape index (κ1) is 14.1. The minimum absolute atomic E-state index is 0.0727. The number of carbonyl (C=O) groups is 1. The Bertz CT molecular complexity index is 907. The maximum atomic E-state index is 13.1. The zero-order valence-corrected chi connectivity index (χ0v) is 13.5. The number of nitrogens with one attached hydrogen (secondary N) is 1. The summed E-state index contributed by atoms with van der Waals surface area (Å²) in [5.41, 5.74) is 6.29. The van der Waals surface area contributed by atoms with Crippen LogP contribution in [0.4, 0.5) is 5.69 Å². The monoisotopic (exact) mass is 304 g/mol. The Kier molecular flexibility index (Phi) is 3.22. The van der Waals surface area contributed by atoms with Gasteiger partial charge in [0.05, 0.1) is 0 Å². The zero-order valence-electron chi connectivity index (χ0n) is 13.5. The molecule has 116 valence electrons. The van der Waals surface area contributed by atoms with Gasteiger partial charge in [-0.1, -0.05) is 30.3 Å². The number of para-hydroxylation sites is 1. The largest absolute Gasteiger partial charge is 0.350 e. The van der Waals surface area contributed by atoms with Crippen LogP contribution in [0.15, 0.2) is 42.5 Å². The average Bonchev–Trinajstić information content (AvgIpc) is 2.90. The van der Waals surface area contributed by atoms with E-state index in [1.165, 1.54) is 11.1 Å². The van der Waals surface area contributed by atoms with Crippen LogP contribution in [0.25, 0.3) is 10.9 Å². The van der Waals surface area contributed by atoms with E-state index >= 15 is 0 Å². The normalized spacial score (nSPS) is 14.1. The van der Waals surface area contributed by atoms with Gasteiger partial charge >= 0.3 is 0 Å². The molecule has 0 spiro atoms. The van der Waals surface area contributed by atoms with Crippen molar-refractivity contribution >= 4 is 22.5 Å². The first-order chi connectivity index (χ1) is 11.1. The van der Waals surface area contributed by atoms with Crippen molar-refractivity contribution in [3.05, 3.63) is 64.8 Å². The van der Waals surface area contributed by atoms with Gasteiger partial charge in [-0.3, -0.25) is 4.79 Å². The molecule has 0 aliphatic carbocycles. The lowest BCUT2D eigenvalue weighted by atomic mass is 10.0. The lowest BCUT2D eigenvalue weighted by Gasteiger charge is -2.29. The SMILES string of the molecule is Cc1ccc2c(C)c(C(=O)N3CCCc4ccccc43)[nH]c2c1. The summed E-state index contributed by atoms with van der Waals surface area (Å²) in [5, 5.41) is 1.13. The van der Waals surface area contributed by atoms with Crippen molar-refractivity contribution in [2.75, 3.05) is 11.4 Å². The molecule has 1 aliphatic rings. The number of anilines is 1. The summed E-state index contributed by atoms with van der Waals surface area (Å²) >= 11 is 0. The second kappa shape index (κ2) is 5.27. The smallest absolute Gasteiger partial charge is 0.274 e. The molecule has 23 heavy (non-hydrogen) atoms. The minimum atomic E-state index is 0.0727. The fraction of sp³-hybridized carbons (Fsp3) is 0.250. The lowest BCUT2D eigenvalue weighted by Crippen LogP contribution is -2.36. The number of benzene rings is 2. The van der Waals surface area contributed by atoms with Gasteiger partial charge in [0, 0.05) is 23.1 Å². The molecule has 2 heterocycles. The molecule has 3 nitrogen and oxygen atoms in total. The van der Waals surface area contributed by atoms with Gasteiger partial charge in [-0.15, -0.1) is 0 Å². The van der Waals surface area contributed by atoms with E-state index in [2.05, 4.69) is 42.2 Å². The Hall–Kier alpha value is -2.55. The van der Waals surface area contributed by atoms with Crippen LogP contribution < -0.4 is 4.90 Å². The number of H-pyrrole nitrogens is 1. The van der Waals surface area contributed by atoms with Gasteiger partial charge in [0.2, 0.25) is 0 Å². The van der Waals surface area contributed by atoms with E-state index in [1.807, 2.05) is 24.0 Å². The Labute approximate surface area is 135 Å². The molecule has 2 aromatic carbocycles. The van der Waals surface area contributed by atoms with Crippen molar-refractivity contribution in [2.24, 2.45) is 0 Å². The summed E-state index contributed by atoms with van der Waals surface area (Å²) in [4.78, 5) is 18.4. The molecule has 0 fully saturated rings. The van der Waals surface area contributed by atoms with Crippen molar-refractivity contribution < 1.29 is 4.79 Å². The van der Waals surface area contributed by atoms with E-state index in [1.54, 1.807) is 0 Å². The van der Waals surface area contributed by atoms with Gasteiger partial charge in [-0.25, -0.2) is 0 Å². The second-order valence-corrected chi connectivity index (χ2v) is 6.36. The van der Waals surface area contributed by atoms with E-state index in [4.69, 9.17) is 0 Å². The quantitative estimate of drug-likeness (QED) is 0.711. The molecule has 0 unspecified atom stereocenters. The molecule has 3 heteroatoms. The molecule has 0 saturated heterocycles. The lowest BCUT2D eigenvalue weighted by molar-refractivity contribution is 0.0980. The predicted molar refractivity (Wildman–Crippen MR) is 94.2 cm³/mol. The molecule has 3 aromatic rings. The molecule has 1 amide bonds. The van der Waals surface area contributed by atoms with E-state index in [-0.39, 0.29) is 5.91 Å². The highest BCUT2D eigenvalue weighted by molar-refractivity contribution is 6.09. The van der Waals surface area contributed by atoms with Crippen LogP contribution in [-0.2, 0) is 6.42 Å². The van der Waals surface area contributed by atoms with Crippen LogP contribution in [0.1, 0.15) is 33.6 Å². The molecular weight excluding hydrogens is 284 g/mol. The minimum Gasteiger partial charge on any atom is -0.350 e. The number of aromatic amines is 1. The van der Waals surface area contributed by atoms with E-state index < -0.39 is 0 Å². The van der Waals surface area contributed by atoms with E-state index in [9.17, 15) is 4.79 Å². The Morgan fingerprint density at radius 2 is 1.96 bits per heavy atom. The fourth-order valence-electron chi connectivity index (χ4n) is 3.54. The van der Waals surface area contributed by atoms with Crippen LogP contribution >= 0.6 is 0 Å². The van der Waals surface area contributed by atoms with Crippen LogP contribution in [-0.4, -0.2) is 17.4 Å². The fourth-order valence-corrected chi connectivity index (χ4v) is 3.54. The zero-order chi connectivity index (χ0) is 16.0. The second-order valence-electron chi connectivity index (χ2n) is 6.36. The predicted octanol–water partition coefficient (Wildman–Crippen LogP) is 4.38. The molecule has 4 rings (SSSR count). The highest BCUT2D eigenvalue weighted by atomic mass is 16.2. The van der Waals surface area contributed by atoms with Gasteiger partial charge < -0.3 is 9.88 Å². The number of aromatic nitrogens is 1. The first-order valence-electron chi connectivity index (χ1n) is 8.14. The Morgan fingerprint density at radius 1 is 1.13 bits per heavy atom. The van der Waals surface area contributed by atoms with Crippen molar-refractivity contribution in [3.63, 3.8) is 0 Å². The van der Waals surface area contributed by atoms with Crippen molar-refractivity contribution in [3.8, 4) is 0 Å². The van der Waals surface area contributed by atoms with Crippen LogP contribution in [0.3, 0.4) is 0 Å². The third kappa shape index (κ3) is 2.24. The standard InChI is InChI=1S/C20H20N2O/c1-13-9-10-16-14(2)19(21-17(16)12-13)20(23)22-11-5-7-15-6-3-4-8-18(15)22/h3-4,6,8-10,12,21H,5,7,11H2,1-2H3. The number of carbonyl (C=O) groups excluding carboxylic acids is 1. The summed E-state index contributed by atoms with van der Waals surface area (Å²) in [6.07, 6.45) is 2.06. The number of hydrogen-bond acceptors (Lipinski definition) is 1. The topological polar surface area (TPSA) is 36.1 Å². The first-order valence-corrected chi connectivity index (χ1v) is 8.14. The summed E-state index contributed by atoms with van der Waals surface area (Å²) in [7, 11) is 0. The third-order valence-electron chi connectivity index (χ3n) is 4.78. The summed E-state index contributed by atoms with van der Waals surface area (Å²) in [5.74, 6) is 0.0727. The van der Waals surface area contributed by atoms with E-state index in [0.29, 0.717) is 5.69 Å². The highest BCUT2D eigenvalue weighted by Crippen LogP contribution is 2.30. The van der Waals surface area contributed by atoms with Crippen molar-refractivity contribution in [1.29, 1.82) is 0 Å². The van der Waals surface area contributed by atoms with Gasteiger partial charge in [0.1, 0.15) is 5.69 Å². The molecule has 0 radical (unpaired) electrons. The average molecular weight is 304 g/mol. The number of hydrogen-bond donors (Lipinski definition) is 1. The van der Waals surface area contributed by atoms with Gasteiger partial charge in [-0.2, -0.15) is 0 Å². The van der Waals surface area contributed by atoms with Gasteiger partial charge in [0.15, 0.2) is 0 Å².